The lowest BCUT2D eigenvalue weighted by Crippen LogP contribution is -2.52. The molecule has 0 aromatic carbocycles. The fraction of sp³-hybridized carbons (Fsp3) is 0.545. The molecule has 1 aromatic rings. The lowest BCUT2D eigenvalue weighted by molar-refractivity contribution is 0.0523. The molecule has 0 spiro atoms. The fourth-order valence-electron chi connectivity index (χ4n) is 2.08. The Bertz CT molecular complexity index is 375. The number of fused-ring (bicyclic) bond motifs is 1. The number of hydrogen-bond acceptors (Lipinski definition) is 3. The van der Waals surface area contributed by atoms with Gasteiger partial charge in [0.05, 0.1) is 12.6 Å². The van der Waals surface area contributed by atoms with Crippen molar-refractivity contribution in [2.45, 2.75) is 12.6 Å². The standard InChI is InChI=1S/C11H17N3O2/c1-16-6-5-14-9(7-12)8-13-4-2-3-10(13)11(14)15/h2-4,9H,5-8,12H2,1H3/t9-/m0/s1. The highest BCUT2D eigenvalue weighted by molar-refractivity contribution is 5.93. The molecular weight excluding hydrogens is 206 g/mol. The first-order valence-electron chi connectivity index (χ1n) is 5.43. The number of aromatic nitrogens is 1. The van der Waals surface area contributed by atoms with Crippen LogP contribution in [0.4, 0.5) is 0 Å². The number of methoxy groups -OCH3 is 1. The quantitative estimate of drug-likeness (QED) is 0.776. The number of nitrogens with zero attached hydrogens (tertiary/aromatic N) is 2. The Morgan fingerprint density at radius 2 is 2.44 bits per heavy atom. The van der Waals surface area contributed by atoms with Crippen molar-refractivity contribution in [3.63, 3.8) is 0 Å². The summed E-state index contributed by atoms with van der Waals surface area (Å²) < 4.78 is 6.98. The Hall–Kier alpha value is -1.33. The minimum atomic E-state index is 0.0451. The van der Waals surface area contributed by atoms with E-state index in [1.165, 1.54) is 0 Å². The van der Waals surface area contributed by atoms with E-state index in [1.54, 1.807) is 12.0 Å². The minimum absolute atomic E-state index is 0.0451. The molecule has 0 aliphatic carbocycles. The molecule has 0 saturated carbocycles. The van der Waals surface area contributed by atoms with Gasteiger partial charge in [-0.15, -0.1) is 0 Å². The molecule has 2 heterocycles. The molecule has 5 nitrogen and oxygen atoms in total. The summed E-state index contributed by atoms with van der Waals surface area (Å²) in [5, 5.41) is 0. The van der Waals surface area contributed by atoms with Gasteiger partial charge in [-0.1, -0.05) is 0 Å². The van der Waals surface area contributed by atoms with E-state index in [9.17, 15) is 4.79 Å². The highest BCUT2D eigenvalue weighted by atomic mass is 16.5. The first-order valence-corrected chi connectivity index (χ1v) is 5.43. The summed E-state index contributed by atoms with van der Waals surface area (Å²) in [7, 11) is 1.63. The first kappa shape index (κ1) is 11.2. The van der Waals surface area contributed by atoms with Gasteiger partial charge in [-0.05, 0) is 12.1 Å². The van der Waals surface area contributed by atoms with Crippen molar-refractivity contribution in [3.8, 4) is 0 Å². The number of nitrogens with two attached hydrogens (primary N) is 1. The summed E-state index contributed by atoms with van der Waals surface area (Å²) in [5.74, 6) is 0.0451. The van der Waals surface area contributed by atoms with Gasteiger partial charge < -0.3 is 19.9 Å². The maximum absolute atomic E-state index is 12.1. The summed E-state index contributed by atoms with van der Waals surface area (Å²) in [5.41, 5.74) is 6.44. The predicted molar refractivity (Wildman–Crippen MR) is 60.2 cm³/mol. The number of ether oxygens (including phenoxy) is 1. The molecule has 5 heteroatoms. The highest BCUT2D eigenvalue weighted by Crippen LogP contribution is 2.17. The van der Waals surface area contributed by atoms with Crippen LogP contribution < -0.4 is 5.73 Å². The normalized spacial score (nSPS) is 20.0. The van der Waals surface area contributed by atoms with E-state index in [0.29, 0.717) is 19.7 Å². The number of hydrogen-bond donors (Lipinski definition) is 1. The van der Waals surface area contributed by atoms with Crippen LogP contribution in [0.2, 0.25) is 0 Å². The second-order valence-corrected chi connectivity index (χ2v) is 3.93. The van der Waals surface area contributed by atoms with Crippen LogP contribution in [0.5, 0.6) is 0 Å². The maximum atomic E-state index is 12.1. The van der Waals surface area contributed by atoms with Crippen molar-refractivity contribution in [3.05, 3.63) is 24.0 Å². The van der Waals surface area contributed by atoms with Gasteiger partial charge in [0.15, 0.2) is 0 Å². The molecule has 0 fully saturated rings. The van der Waals surface area contributed by atoms with Crippen LogP contribution in [0.3, 0.4) is 0 Å². The number of carbonyl (C=O) groups is 1. The van der Waals surface area contributed by atoms with Crippen molar-refractivity contribution in [2.24, 2.45) is 5.73 Å². The summed E-state index contributed by atoms with van der Waals surface area (Å²) in [6.45, 7) is 2.40. The van der Waals surface area contributed by atoms with Gasteiger partial charge in [-0.2, -0.15) is 0 Å². The van der Waals surface area contributed by atoms with Gasteiger partial charge in [0.2, 0.25) is 0 Å². The molecule has 1 amide bonds. The molecule has 0 radical (unpaired) electrons. The molecule has 0 bridgehead atoms. The Morgan fingerprint density at radius 1 is 1.62 bits per heavy atom. The second kappa shape index (κ2) is 4.67. The first-order chi connectivity index (χ1) is 7.77. The van der Waals surface area contributed by atoms with Gasteiger partial charge in [0, 0.05) is 32.9 Å². The van der Waals surface area contributed by atoms with Crippen LogP contribution >= 0.6 is 0 Å². The largest absolute Gasteiger partial charge is 0.383 e. The Balaban J connectivity index is 2.20. The zero-order valence-electron chi connectivity index (χ0n) is 9.43. The van der Waals surface area contributed by atoms with Crippen LogP contribution in [-0.2, 0) is 11.3 Å². The SMILES string of the molecule is COCCN1C(=O)c2cccn2C[C@@H]1CN. The van der Waals surface area contributed by atoms with Gasteiger partial charge in [-0.3, -0.25) is 4.79 Å². The molecule has 0 saturated heterocycles. The number of rotatable bonds is 4. The van der Waals surface area contributed by atoms with Gasteiger partial charge >= 0.3 is 0 Å². The van der Waals surface area contributed by atoms with Crippen molar-refractivity contribution < 1.29 is 9.53 Å². The van der Waals surface area contributed by atoms with Crippen molar-refractivity contribution in [2.75, 3.05) is 26.8 Å². The average Bonchev–Trinajstić information content (AvgIpc) is 2.76. The van der Waals surface area contributed by atoms with Crippen LogP contribution in [0.15, 0.2) is 18.3 Å². The molecule has 1 aliphatic heterocycles. The summed E-state index contributed by atoms with van der Waals surface area (Å²) >= 11 is 0. The van der Waals surface area contributed by atoms with E-state index in [4.69, 9.17) is 10.5 Å². The van der Waals surface area contributed by atoms with E-state index >= 15 is 0 Å². The van der Waals surface area contributed by atoms with Crippen LogP contribution in [0.1, 0.15) is 10.5 Å². The third-order valence-electron chi connectivity index (χ3n) is 2.97. The van der Waals surface area contributed by atoms with Crippen LogP contribution in [0, 0.1) is 0 Å². The van der Waals surface area contributed by atoms with Gasteiger partial charge in [0.1, 0.15) is 5.69 Å². The maximum Gasteiger partial charge on any atom is 0.270 e. The molecular formula is C11H17N3O2. The molecule has 1 aliphatic rings. The Morgan fingerprint density at radius 3 is 3.12 bits per heavy atom. The van der Waals surface area contributed by atoms with Crippen molar-refractivity contribution in [1.82, 2.24) is 9.47 Å². The molecule has 0 unspecified atom stereocenters. The van der Waals surface area contributed by atoms with Crippen LogP contribution in [0.25, 0.3) is 0 Å². The monoisotopic (exact) mass is 223 g/mol. The average molecular weight is 223 g/mol. The third kappa shape index (κ3) is 1.83. The zero-order chi connectivity index (χ0) is 11.5. The molecule has 1 aromatic heterocycles. The zero-order valence-corrected chi connectivity index (χ0v) is 9.43. The fourth-order valence-corrected chi connectivity index (χ4v) is 2.08. The highest BCUT2D eigenvalue weighted by Gasteiger charge is 2.30. The molecule has 88 valence electrons. The predicted octanol–water partition coefficient (Wildman–Crippen LogP) is -0.0824. The summed E-state index contributed by atoms with van der Waals surface area (Å²) in [4.78, 5) is 14.0. The smallest absolute Gasteiger partial charge is 0.270 e. The summed E-state index contributed by atoms with van der Waals surface area (Å²) in [6.07, 6.45) is 1.92. The number of carbonyl (C=O) groups excluding carboxylic acids is 1. The lowest BCUT2D eigenvalue weighted by atomic mass is 10.1. The van der Waals surface area contributed by atoms with E-state index in [1.807, 2.05) is 22.9 Å². The van der Waals surface area contributed by atoms with E-state index in [0.717, 1.165) is 12.2 Å². The van der Waals surface area contributed by atoms with E-state index in [2.05, 4.69) is 0 Å². The van der Waals surface area contributed by atoms with Crippen molar-refractivity contribution in [1.29, 1.82) is 0 Å². The second-order valence-electron chi connectivity index (χ2n) is 3.93. The topological polar surface area (TPSA) is 60.5 Å². The number of amides is 1. The van der Waals surface area contributed by atoms with E-state index < -0.39 is 0 Å². The molecule has 2 rings (SSSR count). The van der Waals surface area contributed by atoms with Crippen LogP contribution in [-0.4, -0.2) is 48.2 Å². The molecule has 2 N–H and O–H groups in total. The Kier molecular flexibility index (Phi) is 3.26. The Labute approximate surface area is 94.8 Å². The van der Waals surface area contributed by atoms with E-state index in [-0.39, 0.29) is 11.9 Å². The molecule has 16 heavy (non-hydrogen) atoms. The van der Waals surface area contributed by atoms with Crippen molar-refractivity contribution >= 4 is 5.91 Å². The molecule has 1 atom stereocenters. The lowest BCUT2D eigenvalue weighted by Gasteiger charge is -2.35. The summed E-state index contributed by atoms with van der Waals surface area (Å²) in [6, 6.07) is 3.80. The van der Waals surface area contributed by atoms with Gasteiger partial charge in [-0.25, -0.2) is 0 Å². The third-order valence-corrected chi connectivity index (χ3v) is 2.97. The van der Waals surface area contributed by atoms with Gasteiger partial charge in [0.25, 0.3) is 5.91 Å². The minimum Gasteiger partial charge on any atom is -0.383 e.